The summed E-state index contributed by atoms with van der Waals surface area (Å²) in [5.74, 6) is 5.19. The second-order valence-corrected chi connectivity index (χ2v) is 12.8. The van der Waals surface area contributed by atoms with Gasteiger partial charge in [0.2, 0.25) is 0 Å². The number of allylic oxidation sites excluding steroid dienone is 1. The molecule has 2 nitrogen and oxygen atoms in total. The van der Waals surface area contributed by atoms with Gasteiger partial charge in [-0.15, -0.1) is 0 Å². The van der Waals surface area contributed by atoms with Crippen molar-refractivity contribution in [3.05, 3.63) is 11.6 Å². The topological polar surface area (TPSA) is 26.3 Å². The van der Waals surface area contributed by atoms with Crippen molar-refractivity contribution in [1.29, 1.82) is 0 Å². The van der Waals surface area contributed by atoms with E-state index in [0.717, 1.165) is 48.3 Å². The van der Waals surface area contributed by atoms with Crippen molar-refractivity contribution >= 4 is 5.97 Å². The first kappa shape index (κ1) is 23.4. The van der Waals surface area contributed by atoms with Crippen LogP contribution in [0.1, 0.15) is 112 Å². The first-order valence-corrected chi connectivity index (χ1v) is 13.5. The number of carbonyl (C=O) groups is 1. The van der Waals surface area contributed by atoms with Crippen LogP contribution < -0.4 is 0 Å². The molecule has 0 aromatic rings. The van der Waals surface area contributed by atoms with E-state index >= 15 is 0 Å². The van der Waals surface area contributed by atoms with Gasteiger partial charge in [-0.3, -0.25) is 4.79 Å². The maximum atomic E-state index is 11.5. The van der Waals surface area contributed by atoms with Crippen LogP contribution in [0.2, 0.25) is 0 Å². The van der Waals surface area contributed by atoms with E-state index in [1.54, 1.807) is 12.5 Å². The number of carbonyl (C=O) groups excluding carboxylic acids is 1. The largest absolute Gasteiger partial charge is 0.462 e. The third-order valence-corrected chi connectivity index (χ3v) is 10.6. The molecule has 4 aliphatic carbocycles. The molecule has 0 N–H and O–H groups in total. The van der Waals surface area contributed by atoms with Gasteiger partial charge in [0.1, 0.15) is 6.10 Å². The Bertz CT molecular complexity index is 693. The lowest BCUT2D eigenvalue weighted by molar-refractivity contribution is -0.148. The van der Waals surface area contributed by atoms with Crippen molar-refractivity contribution in [3.8, 4) is 0 Å². The number of fused-ring (bicyclic) bond motifs is 5. The Morgan fingerprint density at radius 1 is 1.06 bits per heavy atom. The second kappa shape index (κ2) is 8.86. The molecule has 4 aliphatic rings. The summed E-state index contributed by atoms with van der Waals surface area (Å²) in [4.78, 5) is 11.5. The lowest BCUT2D eigenvalue weighted by Gasteiger charge is -2.58. The van der Waals surface area contributed by atoms with E-state index in [2.05, 4.69) is 40.7 Å². The molecule has 3 saturated carbocycles. The molecular formula is C29H48O2. The monoisotopic (exact) mass is 428 g/mol. The van der Waals surface area contributed by atoms with Crippen LogP contribution in [-0.2, 0) is 9.53 Å². The average molecular weight is 429 g/mol. The second-order valence-electron chi connectivity index (χ2n) is 12.8. The van der Waals surface area contributed by atoms with Crippen LogP contribution in [0.15, 0.2) is 11.6 Å². The molecule has 0 bridgehead atoms. The lowest BCUT2D eigenvalue weighted by Crippen LogP contribution is -2.51. The number of ether oxygens (including phenoxy) is 1. The smallest absolute Gasteiger partial charge is 0.302 e. The van der Waals surface area contributed by atoms with E-state index in [1.165, 1.54) is 57.8 Å². The van der Waals surface area contributed by atoms with Crippen molar-refractivity contribution in [3.63, 3.8) is 0 Å². The van der Waals surface area contributed by atoms with E-state index in [-0.39, 0.29) is 12.1 Å². The Morgan fingerprint density at radius 2 is 1.84 bits per heavy atom. The SMILES string of the molecule is CC(=O)O[C@H]1CC[C@@]2(C)C(=CCC3[C@@H]4CC[C@H]([C@H](C)CCCC(C)C)[C@@]4(C)CC[C@@H]32)C1. The fraction of sp³-hybridized carbons (Fsp3) is 0.897. The van der Waals surface area contributed by atoms with Gasteiger partial charge in [0.05, 0.1) is 0 Å². The predicted octanol–water partition coefficient (Wildman–Crippen LogP) is 7.96. The molecule has 1 unspecified atom stereocenters. The highest BCUT2D eigenvalue weighted by molar-refractivity contribution is 5.66. The van der Waals surface area contributed by atoms with Gasteiger partial charge in [-0.25, -0.2) is 0 Å². The van der Waals surface area contributed by atoms with E-state index < -0.39 is 0 Å². The van der Waals surface area contributed by atoms with Crippen molar-refractivity contribution < 1.29 is 9.53 Å². The molecule has 0 heterocycles. The van der Waals surface area contributed by atoms with Gasteiger partial charge in [-0.2, -0.15) is 0 Å². The molecule has 176 valence electrons. The Kier molecular flexibility index (Phi) is 6.68. The van der Waals surface area contributed by atoms with Crippen molar-refractivity contribution in [2.45, 2.75) is 118 Å². The van der Waals surface area contributed by atoms with Crippen LogP contribution in [0.3, 0.4) is 0 Å². The van der Waals surface area contributed by atoms with Crippen LogP contribution in [0.25, 0.3) is 0 Å². The van der Waals surface area contributed by atoms with Gasteiger partial charge in [-0.1, -0.05) is 65.5 Å². The first-order chi connectivity index (χ1) is 14.6. The Hall–Kier alpha value is -0.790. The predicted molar refractivity (Wildman–Crippen MR) is 129 cm³/mol. The van der Waals surface area contributed by atoms with Crippen LogP contribution in [0, 0.1) is 46.3 Å². The Labute approximate surface area is 192 Å². The number of esters is 1. The zero-order valence-electron chi connectivity index (χ0n) is 21.2. The minimum absolute atomic E-state index is 0.115. The Morgan fingerprint density at radius 3 is 2.55 bits per heavy atom. The standard InChI is InChI=1S/C29H48O2/c1-19(2)8-7-9-20(3)25-12-13-26-24-11-10-22-18-23(31-21(4)30)14-16-28(22,5)27(24)15-17-29(25,26)6/h10,19-20,23-27H,7-9,11-18H2,1-6H3/t20-,23+,24?,25-,26+,27+,28+,29-/m1/s1. The molecule has 31 heavy (non-hydrogen) atoms. The summed E-state index contributed by atoms with van der Waals surface area (Å²) >= 11 is 0. The van der Waals surface area contributed by atoms with Gasteiger partial charge in [0, 0.05) is 13.3 Å². The van der Waals surface area contributed by atoms with E-state index in [4.69, 9.17) is 4.74 Å². The van der Waals surface area contributed by atoms with Crippen molar-refractivity contribution in [2.75, 3.05) is 0 Å². The Balaban J connectivity index is 1.47. The zero-order chi connectivity index (χ0) is 22.4. The van der Waals surface area contributed by atoms with Gasteiger partial charge >= 0.3 is 5.97 Å². The normalized spacial score (nSPS) is 42.9. The molecule has 0 aromatic carbocycles. The zero-order valence-corrected chi connectivity index (χ0v) is 21.2. The third kappa shape index (κ3) is 4.26. The molecule has 2 heteroatoms. The molecule has 0 aliphatic heterocycles. The average Bonchev–Trinajstić information content (AvgIpc) is 3.05. The van der Waals surface area contributed by atoms with Gasteiger partial charge in [-0.05, 0) is 91.3 Å². The summed E-state index contributed by atoms with van der Waals surface area (Å²) in [7, 11) is 0. The number of hydrogen-bond acceptors (Lipinski definition) is 2. The molecule has 0 radical (unpaired) electrons. The minimum Gasteiger partial charge on any atom is -0.462 e. The minimum atomic E-state index is -0.115. The van der Waals surface area contributed by atoms with Crippen molar-refractivity contribution in [1.82, 2.24) is 0 Å². The van der Waals surface area contributed by atoms with Gasteiger partial charge in [0.25, 0.3) is 0 Å². The molecule has 4 rings (SSSR count). The fourth-order valence-corrected chi connectivity index (χ4v) is 8.99. The highest BCUT2D eigenvalue weighted by Gasteiger charge is 2.59. The summed E-state index contributed by atoms with van der Waals surface area (Å²) in [6.45, 7) is 14.1. The fourth-order valence-electron chi connectivity index (χ4n) is 8.99. The van der Waals surface area contributed by atoms with E-state index in [9.17, 15) is 4.79 Å². The molecular weight excluding hydrogens is 380 g/mol. The first-order valence-electron chi connectivity index (χ1n) is 13.5. The molecule has 0 spiro atoms. The highest BCUT2D eigenvalue weighted by atomic mass is 16.5. The number of rotatable bonds is 6. The third-order valence-electron chi connectivity index (χ3n) is 10.6. The highest BCUT2D eigenvalue weighted by Crippen LogP contribution is 2.67. The van der Waals surface area contributed by atoms with Gasteiger partial charge in [0.15, 0.2) is 0 Å². The summed E-state index contributed by atoms with van der Waals surface area (Å²) in [5.41, 5.74) is 2.53. The van der Waals surface area contributed by atoms with Crippen LogP contribution in [0.5, 0.6) is 0 Å². The molecule has 0 saturated heterocycles. The lowest BCUT2D eigenvalue weighted by atomic mass is 9.47. The maximum Gasteiger partial charge on any atom is 0.302 e. The molecule has 0 amide bonds. The van der Waals surface area contributed by atoms with Crippen LogP contribution in [0.4, 0.5) is 0 Å². The summed E-state index contributed by atoms with van der Waals surface area (Å²) in [6.07, 6.45) is 17.2. The summed E-state index contributed by atoms with van der Waals surface area (Å²) in [5, 5.41) is 0. The summed E-state index contributed by atoms with van der Waals surface area (Å²) < 4.78 is 5.61. The summed E-state index contributed by atoms with van der Waals surface area (Å²) in [6, 6.07) is 0. The van der Waals surface area contributed by atoms with E-state index in [0.29, 0.717) is 10.8 Å². The molecule has 0 aromatic heterocycles. The molecule has 3 fully saturated rings. The van der Waals surface area contributed by atoms with Crippen molar-refractivity contribution in [2.24, 2.45) is 46.3 Å². The van der Waals surface area contributed by atoms with E-state index in [1.807, 2.05) is 0 Å². The maximum absolute atomic E-state index is 11.5. The van der Waals surface area contributed by atoms with Gasteiger partial charge < -0.3 is 4.74 Å². The van der Waals surface area contributed by atoms with Crippen LogP contribution >= 0.6 is 0 Å². The number of hydrogen-bond donors (Lipinski definition) is 0. The molecule has 8 atom stereocenters. The van der Waals surface area contributed by atoms with Crippen LogP contribution in [-0.4, -0.2) is 12.1 Å². The quantitative estimate of drug-likeness (QED) is 0.317.